The maximum atomic E-state index is 12.7. The first-order valence-electron chi connectivity index (χ1n) is 5.15. The van der Waals surface area contributed by atoms with Gasteiger partial charge in [0.2, 0.25) is 0 Å². The molecule has 0 saturated heterocycles. The number of anilines is 1. The molecule has 2 heterocycles. The molecule has 0 bridgehead atoms. The molecule has 0 aromatic carbocycles. The first-order chi connectivity index (χ1) is 7.70. The molecule has 2 aromatic heterocycles. The quantitative estimate of drug-likeness (QED) is 0.861. The third kappa shape index (κ3) is 2.03. The Morgan fingerprint density at radius 3 is 2.88 bits per heavy atom. The molecule has 84 valence electrons. The van der Waals surface area contributed by atoms with Crippen LogP contribution in [0.5, 0.6) is 0 Å². The van der Waals surface area contributed by atoms with Crippen LogP contribution in [0, 0.1) is 5.82 Å². The molecule has 0 atom stereocenters. The number of aryl methyl sites for hydroxylation is 1. The van der Waals surface area contributed by atoms with Crippen LogP contribution in [0.25, 0.3) is 11.4 Å². The number of nitrogens with zero attached hydrogens (tertiary/aromatic N) is 3. The van der Waals surface area contributed by atoms with Crippen molar-refractivity contribution in [1.29, 1.82) is 0 Å². The van der Waals surface area contributed by atoms with E-state index in [-0.39, 0.29) is 5.82 Å². The molecular weight excluding hydrogens is 207 g/mol. The molecule has 2 aromatic rings. The van der Waals surface area contributed by atoms with E-state index in [2.05, 4.69) is 17.0 Å². The molecule has 0 aliphatic carbocycles. The van der Waals surface area contributed by atoms with Gasteiger partial charge in [0, 0.05) is 12.7 Å². The van der Waals surface area contributed by atoms with Gasteiger partial charge in [-0.1, -0.05) is 6.92 Å². The van der Waals surface area contributed by atoms with Gasteiger partial charge in [0.1, 0.15) is 11.5 Å². The second kappa shape index (κ2) is 4.30. The molecule has 0 unspecified atom stereocenters. The lowest BCUT2D eigenvalue weighted by molar-refractivity contribution is 0.604. The summed E-state index contributed by atoms with van der Waals surface area (Å²) in [4.78, 5) is 3.95. The number of aromatic nitrogens is 3. The van der Waals surface area contributed by atoms with Crippen LogP contribution >= 0.6 is 0 Å². The fourth-order valence-corrected chi connectivity index (χ4v) is 1.50. The topological polar surface area (TPSA) is 56.7 Å². The summed E-state index contributed by atoms with van der Waals surface area (Å²) in [6.07, 6.45) is 3.91. The van der Waals surface area contributed by atoms with E-state index in [1.54, 1.807) is 16.9 Å². The fraction of sp³-hybridized carbons (Fsp3) is 0.273. The average molecular weight is 220 g/mol. The Balaban J connectivity index is 2.36. The average Bonchev–Trinajstić information content (AvgIpc) is 2.61. The lowest BCUT2D eigenvalue weighted by Crippen LogP contribution is -1.97. The van der Waals surface area contributed by atoms with Gasteiger partial charge in [0.15, 0.2) is 0 Å². The first-order valence-corrected chi connectivity index (χ1v) is 5.15. The Labute approximate surface area is 92.9 Å². The number of nitrogen functional groups attached to an aromatic ring is 1. The van der Waals surface area contributed by atoms with Gasteiger partial charge in [-0.3, -0.25) is 9.67 Å². The lowest BCUT2D eigenvalue weighted by Gasteiger charge is -1.97. The van der Waals surface area contributed by atoms with Crippen LogP contribution in [-0.4, -0.2) is 14.8 Å². The molecule has 16 heavy (non-hydrogen) atoms. The van der Waals surface area contributed by atoms with Crippen LogP contribution in [0.3, 0.4) is 0 Å². The molecule has 0 spiro atoms. The second-order valence-electron chi connectivity index (χ2n) is 3.56. The van der Waals surface area contributed by atoms with Gasteiger partial charge < -0.3 is 5.73 Å². The third-order valence-corrected chi connectivity index (χ3v) is 2.21. The van der Waals surface area contributed by atoms with Crippen molar-refractivity contribution in [3.8, 4) is 11.4 Å². The largest absolute Gasteiger partial charge is 0.396 e. The van der Waals surface area contributed by atoms with Crippen molar-refractivity contribution >= 4 is 5.69 Å². The van der Waals surface area contributed by atoms with Gasteiger partial charge in [0.25, 0.3) is 0 Å². The van der Waals surface area contributed by atoms with Gasteiger partial charge in [-0.15, -0.1) is 0 Å². The van der Waals surface area contributed by atoms with Gasteiger partial charge in [-0.25, -0.2) is 4.39 Å². The predicted molar refractivity (Wildman–Crippen MR) is 60.1 cm³/mol. The van der Waals surface area contributed by atoms with Crippen molar-refractivity contribution in [3.63, 3.8) is 0 Å². The molecule has 0 radical (unpaired) electrons. The van der Waals surface area contributed by atoms with E-state index >= 15 is 0 Å². The summed E-state index contributed by atoms with van der Waals surface area (Å²) < 4.78 is 14.5. The van der Waals surface area contributed by atoms with Crippen molar-refractivity contribution in [1.82, 2.24) is 14.8 Å². The van der Waals surface area contributed by atoms with E-state index in [0.717, 1.165) is 19.2 Å². The number of hydrogen-bond donors (Lipinski definition) is 1. The molecule has 5 heteroatoms. The SMILES string of the molecule is CCCn1cc(N)c(-c2ccc(F)cn2)n1. The number of rotatable bonds is 3. The zero-order valence-electron chi connectivity index (χ0n) is 9.02. The maximum Gasteiger partial charge on any atom is 0.141 e. The summed E-state index contributed by atoms with van der Waals surface area (Å²) in [6, 6.07) is 2.92. The highest BCUT2D eigenvalue weighted by molar-refractivity contribution is 5.68. The Hall–Kier alpha value is -1.91. The minimum atomic E-state index is -0.365. The molecular formula is C11H13FN4. The molecule has 2 N–H and O–H groups in total. The molecule has 0 aliphatic heterocycles. The Morgan fingerprint density at radius 2 is 2.25 bits per heavy atom. The highest BCUT2D eigenvalue weighted by atomic mass is 19.1. The third-order valence-electron chi connectivity index (χ3n) is 2.21. The van der Waals surface area contributed by atoms with Crippen molar-refractivity contribution < 1.29 is 4.39 Å². The minimum absolute atomic E-state index is 0.365. The monoisotopic (exact) mass is 220 g/mol. The summed E-state index contributed by atoms with van der Waals surface area (Å²) in [7, 11) is 0. The van der Waals surface area contributed by atoms with Crippen LogP contribution in [0.15, 0.2) is 24.5 Å². The molecule has 0 fully saturated rings. The zero-order valence-corrected chi connectivity index (χ0v) is 9.02. The van der Waals surface area contributed by atoms with Gasteiger partial charge in [-0.05, 0) is 18.6 Å². The smallest absolute Gasteiger partial charge is 0.141 e. The van der Waals surface area contributed by atoms with Crippen molar-refractivity contribution in [2.45, 2.75) is 19.9 Å². The normalized spacial score (nSPS) is 10.6. The summed E-state index contributed by atoms with van der Waals surface area (Å²) in [5.74, 6) is -0.365. The first kappa shape index (κ1) is 10.6. The number of hydrogen-bond acceptors (Lipinski definition) is 3. The van der Waals surface area contributed by atoms with Gasteiger partial charge >= 0.3 is 0 Å². The van der Waals surface area contributed by atoms with Crippen LogP contribution < -0.4 is 5.73 Å². The Kier molecular flexibility index (Phi) is 2.85. The van der Waals surface area contributed by atoms with Crippen LogP contribution in [0.4, 0.5) is 10.1 Å². The maximum absolute atomic E-state index is 12.7. The predicted octanol–water partition coefficient (Wildman–Crippen LogP) is 2.08. The van der Waals surface area contributed by atoms with Gasteiger partial charge in [0.05, 0.1) is 17.6 Å². The lowest BCUT2D eigenvalue weighted by atomic mass is 10.2. The molecule has 0 aliphatic rings. The van der Waals surface area contributed by atoms with E-state index in [9.17, 15) is 4.39 Å². The molecule has 0 amide bonds. The summed E-state index contributed by atoms with van der Waals surface area (Å²) >= 11 is 0. The Morgan fingerprint density at radius 1 is 1.44 bits per heavy atom. The van der Waals surface area contributed by atoms with Crippen LogP contribution in [0.2, 0.25) is 0 Å². The van der Waals surface area contributed by atoms with Crippen molar-refractivity contribution in [2.24, 2.45) is 0 Å². The molecule has 4 nitrogen and oxygen atoms in total. The highest BCUT2D eigenvalue weighted by Crippen LogP contribution is 2.21. The molecule has 2 rings (SSSR count). The minimum Gasteiger partial charge on any atom is -0.396 e. The summed E-state index contributed by atoms with van der Waals surface area (Å²) in [5, 5.41) is 4.31. The number of pyridine rings is 1. The summed E-state index contributed by atoms with van der Waals surface area (Å²) in [6.45, 7) is 2.87. The standard InChI is InChI=1S/C11H13FN4/c1-2-5-16-7-9(13)11(15-16)10-4-3-8(12)6-14-10/h3-4,6-7H,2,5,13H2,1H3. The number of nitrogens with two attached hydrogens (primary N) is 1. The second-order valence-corrected chi connectivity index (χ2v) is 3.56. The van der Waals surface area contributed by atoms with Crippen molar-refractivity contribution in [2.75, 3.05) is 5.73 Å². The highest BCUT2D eigenvalue weighted by Gasteiger charge is 2.09. The van der Waals surface area contributed by atoms with E-state index in [1.807, 2.05) is 0 Å². The van der Waals surface area contributed by atoms with E-state index < -0.39 is 0 Å². The van der Waals surface area contributed by atoms with Crippen molar-refractivity contribution in [3.05, 3.63) is 30.3 Å². The van der Waals surface area contributed by atoms with Gasteiger partial charge in [-0.2, -0.15) is 5.10 Å². The molecule has 0 saturated carbocycles. The number of halogens is 1. The van der Waals surface area contributed by atoms with Crippen LogP contribution in [-0.2, 0) is 6.54 Å². The van der Waals surface area contributed by atoms with E-state index in [1.165, 1.54) is 6.07 Å². The van der Waals surface area contributed by atoms with E-state index in [0.29, 0.717) is 17.1 Å². The fourth-order valence-electron chi connectivity index (χ4n) is 1.50. The van der Waals surface area contributed by atoms with Crippen LogP contribution in [0.1, 0.15) is 13.3 Å². The zero-order chi connectivity index (χ0) is 11.5. The summed E-state index contributed by atoms with van der Waals surface area (Å²) in [5.41, 5.74) is 7.58. The Bertz CT molecular complexity index is 475. The van der Waals surface area contributed by atoms with E-state index in [4.69, 9.17) is 5.73 Å².